The molecule has 2 aromatic rings. The molecule has 4 heteroatoms. The fourth-order valence-electron chi connectivity index (χ4n) is 1.66. The Morgan fingerprint density at radius 3 is 2.12 bits per heavy atom. The van der Waals surface area contributed by atoms with Crippen molar-refractivity contribution in [1.29, 1.82) is 0 Å². The quantitative estimate of drug-likeness (QED) is 0.707. The summed E-state index contributed by atoms with van der Waals surface area (Å²) in [5.74, 6) is -1.96. The van der Waals surface area contributed by atoms with E-state index >= 15 is 0 Å². The van der Waals surface area contributed by atoms with Crippen LogP contribution in [-0.4, -0.2) is 0 Å². The molecule has 0 radical (unpaired) electrons. The first kappa shape index (κ1) is 12.2. The summed E-state index contributed by atoms with van der Waals surface area (Å²) in [7, 11) is 0. The normalized spacial score (nSPS) is 10.6. The lowest BCUT2D eigenvalue weighted by atomic mass is 9.99. The molecule has 0 aliphatic heterocycles. The SMILES string of the molecule is Cc1ccc(F)cc1-c1c(F)cc(Br)cc1F. The molecule has 2 aromatic carbocycles. The van der Waals surface area contributed by atoms with Crippen molar-refractivity contribution >= 4 is 15.9 Å². The minimum atomic E-state index is -0.717. The van der Waals surface area contributed by atoms with E-state index in [4.69, 9.17) is 0 Å². The average Bonchev–Trinajstić information content (AvgIpc) is 2.21. The van der Waals surface area contributed by atoms with Crippen molar-refractivity contribution in [3.05, 3.63) is 57.8 Å². The van der Waals surface area contributed by atoms with E-state index in [0.29, 0.717) is 10.0 Å². The second kappa shape index (κ2) is 4.53. The number of halogens is 4. The first-order valence-corrected chi connectivity index (χ1v) is 5.69. The first-order chi connectivity index (χ1) is 7.99. The Bertz CT molecular complexity index is 556. The molecule has 0 fully saturated rings. The molecule has 0 spiro atoms. The van der Waals surface area contributed by atoms with Crippen molar-refractivity contribution in [1.82, 2.24) is 0 Å². The van der Waals surface area contributed by atoms with E-state index < -0.39 is 17.5 Å². The maximum absolute atomic E-state index is 13.7. The van der Waals surface area contributed by atoms with E-state index in [2.05, 4.69) is 15.9 Å². The second-order valence-corrected chi connectivity index (χ2v) is 4.62. The van der Waals surface area contributed by atoms with Crippen LogP contribution in [-0.2, 0) is 0 Å². The molecule has 0 saturated carbocycles. The van der Waals surface area contributed by atoms with E-state index in [0.717, 1.165) is 18.2 Å². The van der Waals surface area contributed by atoms with Crippen LogP contribution in [0.15, 0.2) is 34.8 Å². The Morgan fingerprint density at radius 2 is 1.53 bits per heavy atom. The van der Waals surface area contributed by atoms with Crippen LogP contribution < -0.4 is 0 Å². The summed E-state index contributed by atoms with van der Waals surface area (Å²) in [6.07, 6.45) is 0. The number of hydrogen-bond donors (Lipinski definition) is 0. The Kier molecular flexibility index (Phi) is 3.24. The van der Waals surface area contributed by atoms with Gasteiger partial charge in [-0.3, -0.25) is 0 Å². The molecule has 2 rings (SSSR count). The predicted octanol–water partition coefficient (Wildman–Crippen LogP) is 4.84. The van der Waals surface area contributed by atoms with Gasteiger partial charge in [0.25, 0.3) is 0 Å². The van der Waals surface area contributed by atoms with Crippen LogP contribution >= 0.6 is 15.9 Å². The van der Waals surface area contributed by atoms with Gasteiger partial charge >= 0.3 is 0 Å². The summed E-state index contributed by atoms with van der Waals surface area (Å²) in [4.78, 5) is 0. The highest BCUT2D eigenvalue weighted by atomic mass is 79.9. The van der Waals surface area contributed by atoms with Crippen LogP contribution in [0.3, 0.4) is 0 Å². The van der Waals surface area contributed by atoms with Crippen molar-refractivity contribution in [2.75, 3.05) is 0 Å². The Hall–Kier alpha value is -1.29. The van der Waals surface area contributed by atoms with Crippen LogP contribution in [0.5, 0.6) is 0 Å². The van der Waals surface area contributed by atoms with Crippen LogP contribution in [0.25, 0.3) is 11.1 Å². The maximum Gasteiger partial charge on any atom is 0.135 e. The van der Waals surface area contributed by atoms with Crippen LogP contribution in [0.4, 0.5) is 13.2 Å². The van der Waals surface area contributed by atoms with Gasteiger partial charge < -0.3 is 0 Å². The fraction of sp³-hybridized carbons (Fsp3) is 0.0769. The van der Waals surface area contributed by atoms with Crippen molar-refractivity contribution in [2.45, 2.75) is 6.92 Å². The first-order valence-electron chi connectivity index (χ1n) is 4.90. The zero-order valence-corrected chi connectivity index (χ0v) is 10.5. The molecule has 0 aliphatic rings. The lowest BCUT2D eigenvalue weighted by Crippen LogP contribution is -1.93. The van der Waals surface area contributed by atoms with Gasteiger partial charge in [0.1, 0.15) is 17.5 Å². The Morgan fingerprint density at radius 1 is 0.941 bits per heavy atom. The molecule has 88 valence electrons. The fourth-order valence-corrected chi connectivity index (χ4v) is 2.07. The molecule has 0 aromatic heterocycles. The molecule has 17 heavy (non-hydrogen) atoms. The van der Waals surface area contributed by atoms with E-state index in [9.17, 15) is 13.2 Å². The van der Waals surface area contributed by atoms with Crippen LogP contribution in [0.2, 0.25) is 0 Å². The molecule has 0 amide bonds. The third-order valence-corrected chi connectivity index (χ3v) is 2.93. The minimum absolute atomic E-state index is 0.204. The Labute approximate surface area is 105 Å². The lowest BCUT2D eigenvalue weighted by molar-refractivity contribution is 0.587. The van der Waals surface area contributed by atoms with E-state index in [1.165, 1.54) is 12.1 Å². The number of aryl methyl sites for hydroxylation is 1. The van der Waals surface area contributed by atoms with Gasteiger partial charge in [0, 0.05) is 4.47 Å². The van der Waals surface area contributed by atoms with Gasteiger partial charge in [-0.05, 0) is 42.3 Å². The monoisotopic (exact) mass is 300 g/mol. The van der Waals surface area contributed by atoms with E-state index in [-0.39, 0.29) is 11.1 Å². The van der Waals surface area contributed by atoms with Crippen LogP contribution in [0, 0.1) is 24.4 Å². The van der Waals surface area contributed by atoms with E-state index in [1.807, 2.05) is 0 Å². The van der Waals surface area contributed by atoms with Gasteiger partial charge in [0.2, 0.25) is 0 Å². The summed E-state index contributed by atoms with van der Waals surface area (Å²) in [5.41, 5.74) is 0.643. The highest BCUT2D eigenvalue weighted by molar-refractivity contribution is 9.10. The predicted molar refractivity (Wildman–Crippen MR) is 64.2 cm³/mol. The maximum atomic E-state index is 13.7. The third-order valence-electron chi connectivity index (χ3n) is 2.48. The zero-order valence-electron chi connectivity index (χ0n) is 8.90. The molecule has 0 unspecified atom stereocenters. The minimum Gasteiger partial charge on any atom is -0.207 e. The van der Waals surface area contributed by atoms with Crippen molar-refractivity contribution in [2.24, 2.45) is 0 Å². The molecule has 0 N–H and O–H groups in total. The average molecular weight is 301 g/mol. The van der Waals surface area contributed by atoms with Crippen molar-refractivity contribution in [3.63, 3.8) is 0 Å². The number of rotatable bonds is 1. The largest absolute Gasteiger partial charge is 0.207 e. The van der Waals surface area contributed by atoms with E-state index in [1.54, 1.807) is 6.92 Å². The second-order valence-electron chi connectivity index (χ2n) is 3.70. The highest BCUT2D eigenvalue weighted by Gasteiger charge is 2.15. The standard InChI is InChI=1S/C13H8BrF3/c1-7-2-3-9(15)6-10(7)13-11(16)4-8(14)5-12(13)17/h2-6H,1H3. The number of benzene rings is 2. The molecule has 0 heterocycles. The summed E-state index contributed by atoms with van der Waals surface area (Å²) >= 11 is 3.00. The lowest BCUT2D eigenvalue weighted by Gasteiger charge is -2.09. The van der Waals surface area contributed by atoms with Gasteiger partial charge in [0.15, 0.2) is 0 Å². The van der Waals surface area contributed by atoms with Gasteiger partial charge in [-0.1, -0.05) is 22.0 Å². The molecule has 0 atom stereocenters. The summed E-state index contributed by atoms with van der Waals surface area (Å²) < 4.78 is 40.9. The smallest absolute Gasteiger partial charge is 0.135 e. The molecule has 0 bridgehead atoms. The highest BCUT2D eigenvalue weighted by Crippen LogP contribution is 2.31. The van der Waals surface area contributed by atoms with Crippen LogP contribution in [0.1, 0.15) is 5.56 Å². The summed E-state index contributed by atoms with van der Waals surface area (Å²) in [6, 6.07) is 6.19. The Balaban J connectivity index is 2.72. The van der Waals surface area contributed by atoms with Crippen molar-refractivity contribution < 1.29 is 13.2 Å². The molecule has 0 nitrogen and oxygen atoms in total. The molecule has 0 saturated heterocycles. The topological polar surface area (TPSA) is 0 Å². The van der Waals surface area contributed by atoms with Gasteiger partial charge in [-0.2, -0.15) is 0 Å². The summed E-state index contributed by atoms with van der Waals surface area (Å²) in [6.45, 7) is 1.68. The number of hydrogen-bond acceptors (Lipinski definition) is 0. The summed E-state index contributed by atoms with van der Waals surface area (Å²) in [5, 5.41) is 0. The van der Waals surface area contributed by atoms with Gasteiger partial charge in [-0.25, -0.2) is 13.2 Å². The molecular formula is C13H8BrF3. The molecule has 0 aliphatic carbocycles. The third kappa shape index (κ3) is 2.36. The van der Waals surface area contributed by atoms with Gasteiger partial charge in [0.05, 0.1) is 5.56 Å². The van der Waals surface area contributed by atoms with Gasteiger partial charge in [-0.15, -0.1) is 0 Å². The zero-order chi connectivity index (χ0) is 12.6. The van der Waals surface area contributed by atoms with Crippen molar-refractivity contribution in [3.8, 4) is 11.1 Å². The molecular weight excluding hydrogens is 293 g/mol.